The third kappa shape index (κ3) is 4.85. The molecule has 2 heteroatoms. The molecule has 0 atom stereocenters. The quantitative estimate of drug-likeness (QED) is 0.306. The van der Waals surface area contributed by atoms with E-state index in [0.717, 1.165) is 6.54 Å². The van der Waals surface area contributed by atoms with Gasteiger partial charge in [0.2, 0.25) is 0 Å². The standard InChI is InChI=1S/C24H31N2/c1-2-3-4-5-6-7-14-19-25-20-21-26(23-17-12-9-13-18-23)24(25)22-15-10-8-11-16-22/h8-13,15-18,20-21H,2-7,14,19H2,1H3/q+1. The fourth-order valence-electron chi connectivity index (χ4n) is 3.54. The Kier molecular flexibility index (Phi) is 7.06. The van der Waals surface area contributed by atoms with Crippen molar-refractivity contribution in [2.24, 2.45) is 0 Å². The van der Waals surface area contributed by atoms with Gasteiger partial charge in [0.1, 0.15) is 18.1 Å². The number of para-hydroxylation sites is 1. The largest absolute Gasteiger partial charge is 0.294 e. The second-order valence-corrected chi connectivity index (χ2v) is 7.01. The van der Waals surface area contributed by atoms with Gasteiger partial charge in [-0.3, -0.25) is 0 Å². The number of aromatic nitrogens is 2. The zero-order chi connectivity index (χ0) is 18.0. The Morgan fingerprint density at radius 1 is 0.731 bits per heavy atom. The Balaban J connectivity index is 1.73. The second kappa shape index (κ2) is 9.96. The lowest BCUT2D eigenvalue weighted by Gasteiger charge is -2.06. The summed E-state index contributed by atoms with van der Waals surface area (Å²) in [5.74, 6) is 1.27. The Hall–Kier alpha value is -2.35. The minimum absolute atomic E-state index is 1.08. The van der Waals surface area contributed by atoms with E-state index in [0.29, 0.717) is 0 Å². The van der Waals surface area contributed by atoms with Crippen LogP contribution >= 0.6 is 0 Å². The smallest absolute Gasteiger partial charge is 0.230 e. The van der Waals surface area contributed by atoms with Crippen LogP contribution in [0, 0.1) is 0 Å². The molecule has 0 N–H and O–H groups in total. The summed E-state index contributed by atoms with van der Waals surface area (Å²) in [6.45, 7) is 3.36. The summed E-state index contributed by atoms with van der Waals surface area (Å²) in [7, 11) is 0. The molecule has 1 aromatic heterocycles. The Bertz CT molecular complexity index is 759. The van der Waals surface area contributed by atoms with Gasteiger partial charge < -0.3 is 0 Å². The van der Waals surface area contributed by atoms with E-state index in [2.05, 4.69) is 89.1 Å². The van der Waals surface area contributed by atoms with Crippen molar-refractivity contribution >= 4 is 0 Å². The van der Waals surface area contributed by atoms with E-state index in [1.807, 2.05) is 0 Å². The maximum Gasteiger partial charge on any atom is 0.294 e. The zero-order valence-electron chi connectivity index (χ0n) is 16.0. The molecule has 2 nitrogen and oxygen atoms in total. The number of nitrogens with zero attached hydrogens (tertiary/aromatic N) is 2. The van der Waals surface area contributed by atoms with Crippen molar-refractivity contribution in [1.82, 2.24) is 4.57 Å². The molecule has 0 radical (unpaired) electrons. The average Bonchev–Trinajstić information content (AvgIpc) is 3.12. The van der Waals surface area contributed by atoms with Crippen LogP contribution in [-0.2, 0) is 6.54 Å². The molecule has 0 amide bonds. The third-order valence-corrected chi connectivity index (χ3v) is 4.96. The monoisotopic (exact) mass is 347 g/mol. The van der Waals surface area contributed by atoms with Crippen molar-refractivity contribution in [3.8, 4) is 17.1 Å². The van der Waals surface area contributed by atoms with Gasteiger partial charge in [0.05, 0.1) is 12.1 Å². The summed E-state index contributed by atoms with van der Waals surface area (Å²) >= 11 is 0. The number of imidazole rings is 1. The molecule has 0 unspecified atom stereocenters. The molecule has 1 heterocycles. The normalized spacial score (nSPS) is 11.0. The highest BCUT2D eigenvalue weighted by molar-refractivity contribution is 5.53. The first-order valence-corrected chi connectivity index (χ1v) is 10.1. The lowest BCUT2D eigenvalue weighted by Crippen LogP contribution is -2.31. The third-order valence-electron chi connectivity index (χ3n) is 4.96. The van der Waals surface area contributed by atoms with Crippen LogP contribution in [-0.4, -0.2) is 4.57 Å². The summed E-state index contributed by atoms with van der Waals surface area (Å²) in [4.78, 5) is 0. The van der Waals surface area contributed by atoms with Crippen molar-refractivity contribution in [1.29, 1.82) is 0 Å². The van der Waals surface area contributed by atoms with Crippen LogP contribution in [0.3, 0.4) is 0 Å². The summed E-state index contributed by atoms with van der Waals surface area (Å²) in [5, 5.41) is 0. The van der Waals surface area contributed by atoms with Gasteiger partial charge in [-0.25, -0.2) is 4.57 Å². The van der Waals surface area contributed by atoms with E-state index < -0.39 is 0 Å². The predicted molar refractivity (Wildman–Crippen MR) is 109 cm³/mol. The summed E-state index contributed by atoms with van der Waals surface area (Å²) in [5.41, 5.74) is 2.48. The van der Waals surface area contributed by atoms with E-state index in [4.69, 9.17) is 0 Å². The molecule has 0 saturated heterocycles. The van der Waals surface area contributed by atoms with Gasteiger partial charge in [-0.05, 0) is 37.1 Å². The minimum Gasteiger partial charge on any atom is -0.230 e. The van der Waals surface area contributed by atoms with E-state index in [1.165, 1.54) is 62.0 Å². The number of rotatable bonds is 10. The first-order valence-electron chi connectivity index (χ1n) is 10.1. The number of unbranched alkanes of at least 4 members (excludes halogenated alkanes) is 6. The lowest BCUT2D eigenvalue weighted by atomic mass is 10.1. The van der Waals surface area contributed by atoms with Crippen LogP contribution in [0.15, 0.2) is 73.1 Å². The molecule has 2 aromatic carbocycles. The van der Waals surface area contributed by atoms with Crippen molar-refractivity contribution in [2.45, 2.75) is 58.4 Å². The lowest BCUT2D eigenvalue weighted by molar-refractivity contribution is -0.583. The number of aryl methyl sites for hydroxylation is 1. The van der Waals surface area contributed by atoms with Crippen molar-refractivity contribution in [3.05, 3.63) is 73.1 Å². The molecule has 0 aliphatic carbocycles. The van der Waals surface area contributed by atoms with Crippen molar-refractivity contribution in [2.75, 3.05) is 0 Å². The summed E-state index contributed by atoms with van der Waals surface area (Å²) in [6, 6.07) is 21.4. The maximum atomic E-state index is 2.41. The SMILES string of the molecule is CCCCCCCCCn1cc[n+](-c2ccccc2)c1-c1ccccc1. The topological polar surface area (TPSA) is 8.81 Å². The van der Waals surface area contributed by atoms with E-state index in [9.17, 15) is 0 Å². The fraction of sp³-hybridized carbons (Fsp3) is 0.375. The summed E-state index contributed by atoms with van der Waals surface area (Å²) < 4.78 is 4.71. The molecule has 0 fully saturated rings. The van der Waals surface area contributed by atoms with Crippen LogP contribution < -0.4 is 4.57 Å². The van der Waals surface area contributed by atoms with Crippen LogP contribution in [0.2, 0.25) is 0 Å². The number of hydrogen-bond acceptors (Lipinski definition) is 0. The molecular formula is C24H31N2+. The van der Waals surface area contributed by atoms with E-state index >= 15 is 0 Å². The number of benzene rings is 2. The Morgan fingerprint density at radius 3 is 2.04 bits per heavy atom. The second-order valence-electron chi connectivity index (χ2n) is 7.01. The molecule has 0 spiro atoms. The fourth-order valence-corrected chi connectivity index (χ4v) is 3.54. The van der Waals surface area contributed by atoms with Gasteiger partial charge in [-0.15, -0.1) is 0 Å². The molecule has 3 rings (SSSR count). The molecule has 3 aromatic rings. The van der Waals surface area contributed by atoms with Gasteiger partial charge in [0.25, 0.3) is 5.82 Å². The molecule has 0 bridgehead atoms. The van der Waals surface area contributed by atoms with Crippen LogP contribution in [0.4, 0.5) is 0 Å². The highest BCUT2D eigenvalue weighted by atomic mass is 15.2. The minimum atomic E-state index is 1.08. The Labute approximate surface area is 158 Å². The molecule has 0 aliphatic heterocycles. The molecule has 0 saturated carbocycles. The van der Waals surface area contributed by atoms with Crippen LogP contribution in [0.1, 0.15) is 51.9 Å². The maximum absolute atomic E-state index is 2.41. The predicted octanol–water partition coefficient (Wildman–Crippen LogP) is 6.18. The van der Waals surface area contributed by atoms with E-state index in [-0.39, 0.29) is 0 Å². The van der Waals surface area contributed by atoms with Crippen molar-refractivity contribution in [3.63, 3.8) is 0 Å². The van der Waals surface area contributed by atoms with Crippen LogP contribution in [0.5, 0.6) is 0 Å². The van der Waals surface area contributed by atoms with Gasteiger partial charge in [-0.1, -0.05) is 75.4 Å². The highest BCUT2D eigenvalue weighted by Gasteiger charge is 2.20. The average molecular weight is 348 g/mol. The zero-order valence-corrected chi connectivity index (χ0v) is 16.0. The van der Waals surface area contributed by atoms with Gasteiger partial charge in [-0.2, -0.15) is 4.57 Å². The summed E-state index contributed by atoms with van der Waals surface area (Å²) in [6.07, 6.45) is 13.8. The van der Waals surface area contributed by atoms with Gasteiger partial charge in [0.15, 0.2) is 0 Å². The molecule has 0 aliphatic rings. The molecule has 26 heavy (non-hydrogen) atoms. The highest BCUT2D eigenvalue weighted by Crippen LogP contribution is 2.19. The molecular weight excluding hydrogens is 316 g/mol. The van der Waals surface area contributed by atoms with Crippen molar-refractivity contribution < 1.29 is 4.57 Å². The Morgan fingerprint density at radius 2 is 1.35 bits per heavy atom. The van der Waals surface area contributed by atoms with Gasteiger partial charge >= 0.3 is 0 Å². The van der Waals surface area contributed by atoms with Crippen LogP contribution in [0.25, 0.3) is 17.1 Å². The van der Waals surface area contributed by atoms with Gasteiger partial charge in [0, 0.05) is 0 Å². The van der Waals surface area contributed by atoms with E-state index in [1.54, 1.807) is 0 Å². The molecule has 136 valence electrons. The number of hydrogen-bond donors (Lipinski definition) is 0. The first-order chi connectivity index (χ1) is 12.9. The first kappa shape index (κ1) is 18.4.